The highest BCUT2D eigenvalue weighted by Gasteiger charge is 2.23. The maximum Gasteiger partial charge on any atom is 0.0971 e. The first kappa shape index (κ1) is 21.3. The van der Waals surface area contributed by atoms with Gasteiger partial charge in [0.25, 0.3) is 0 Å². The van der Waals surface area contributed by atoms with Gasteiger partial charge in [0.1, 0.15) is 0 Å². The predicted molar refractivity (Wildman–Crippen MR) is 80.0 cm³/mol. The Kier molecular flexibility index (Phi) is 15.3. The Balaban J connectivity index is 0. The van der Waals surface area contributed by atoms with E-state index in [9.17, 15) is 0 Å². The zero-order chi connectivity index (χ0) is 15.9. The summed E-state index contributed by atoms with van der Waals surface area (Å²) >= 11 is 0. The number of hydrogen-bond acceptors (Lipinski definition) is 3. The van der Waals surface area contributed by atoms with Gasteiger partial charge in [-0.1, -0.05) is 46.6 Å². The van der Waals surface area contributed by atoms with Crippen LogP contribution in [-0.4, -0.2) is 36.8 Å². The Morgan fingerprint density at radius 2 is 1.25 bits per heavy atom. The lowest BCUT2D eigenvalue weighted by molar-refractivity contribution is -0.923. The standard InChI is InChI=1S/C15H32N.CH2O3/c1-5-9-13-16(12-8-4,14-10-6-2)15-11-7-3;2-1(3)4/h8H,4-7,9-15H2,1-3H3;(H2,2,3,4)/q+1;/p-2. The monoisotopic (exact) mass is 286 g/mol. The Hall–Kier alpha value is -1.03. The second kappa shape index (κ2) is 14.4. The fourth-order valence-corrected chi connectivity index (χ4v) is 2.36. The number of nitrogens with zero attached hydrogens (tertiary/aromatic N) is 1. The van der Waals surface area contributed by atoms with Crippen LogP contribution in [0, 0.1) is 0 Å². The zero-order valence-electron chi connectivity index (χ0n) is 13.5. The molecule has 0 aromatic rings. The van der Waals surface area contributed by atoms with Gasteiger partial charge in [-0.25, -0.2) is 0 Å². The molecule has 0 aliphatic carbocycles. The molecular formula is C16H32NO3-. The van der Waals surface area contributed by atoms with Gasteiger partial charge in [0, 0.05) is 0 Å². The van der Waals surface area contributed by atoms with Crippen LogP contribution in [0.2, 0.25) is 0 Å². The molecule has 0 saturated heterocycles. The fourth-order valence-electron chi connectivity index (χ4n) is 2.36. The van der Waals surface area contributed by atoms with Crippen LogP contribution in [-0.2, 0) is 0 Å². The van der Waals surface area contributed by atoms with E-state index in [-0.39, 0.29) is 0 Å². The van der Waals surface area contributed by atoms with Crippen molar-refractivity contribution >= 4 is 6.16 Å². The van der Waals surface area contributed by atoms with Crippen molar-refractivity contribution in [3.63, 3.8) is 0 Å². The van der Waals surface area contributed by atoms with Crippen LogP contribution in [0.5, 0.6) is 0 Å². The lowest BCUT2D eigenvalue weighted by Gasteiger charge is -2.38. The lowest BCUT2D eigenvalue weighted by Crippen LogP contribution is -2.50. The van der Waals surface area contributed by atoms with E-state index in [0.29, 0.717) is 0 Å². The molecule has 0 heterocycles. The van der Waals surface area contributed by atoms with Gasteiger partial charge in [-0.2, -0.15) is 0 Å². The molecule has 0 rings (SSSR count). The van der Waals surface area contributed by atoms with Crippen molar-refractivity contribution < 1.29 is 19.5 Å². The number of carbonyl (C=O) groups is 1. The normalized spacial score (nSPS) is 10.6. The second-order valence-corrected chi connectivity index (χ2v) is 5.29. The third kappa shape index (κ3) is 13.4. The average Bonchev–Trinajstić information content (AvgIpc) is 2.40. The summed E-state index contributed by atoms with van der Waals surface area (Å²) in [4.78, 5) is 8.33. The molecule has 4 nitrogen and oxygen atoms in total. The fraction of sp³-hybridized carbons (Fsp3) is 0.812. The van der Waals surface area contributed by atoms with E-state index in [0.717, 1.165) is 0 Å². The first-order valence-electron chi connectivity index (χ1n) is 7.82. The predicted octanol–water partition coefficient (Wildman–Crippen LogP) is 1.94. The molecule has 0 unspecified atom stereocenters. The highest BCUT2D eigenvalue weighted by Crippen LogP contribution is 2.14. The molecule has 0 radical (unpaired) electrons. The summed E-state index contributed by atoms with van der Waals surface area (Å²) in [6.45, 7) is 16.1. The van der Waals surface area contributed by atoms with Gasteiger partial charge in [0.05, 0.1) is 26.2 Å². The number of quaternary nitrogens is 1. The Labute approximate surface area is 124 Å². The number of hydrogen-bond donors (Lipinski definition) is 0. The van der Waals surface area contributed by atoms with Crippen molar-refractivity contribution in [3.8, 4) is 0 Å². The third-order valence-electron chi connectivity index (χ3n) is 3.47. The number of carbonyl (C=O) groups excluding carboxylic acids is 1. The van der Waals surface area contributed by atoms with Crippen molar-refractivity contribution in [1.82, 2.24) is 0 Å². The molecule has 0 aromatic heterocycles. The largest absolute Gasteiger partial charge is 0.652 e. The van der Waals surface area contributed by atoms with Crippen LogP contribution in [0.1, 0.15) is 59.3 Å². The summed E-state index contributed by atoms with van der Waals surface area (Å²) < 4.78 is 1.29. The Bertz CT molecular complexity index is 216. The molecule has 120 valence electrons. The first-order valence-corrected chi connectivity index (χ1v) is 7.82. The van der Waals surface area contributed by atoms with E-state index >= 15 is 0 Å². The van der Waals surface area contributed by atoms with Gasteiger partial charge in [-0.05, 0) is 31.5 Å². The molecular weight excluding hydrogens is 254 g/mol. The van der Waals surface area contributed by atoms with Crippen molar-refractivity contribution in [2.75, 3.05) is 26.2 Å². The van der Waals surface area contributed by atoms with Crippen molar-refractivity contribution in [3.05, 3.63) is 12.7 Å². The number of rotatable bonds is 11. The Morgan fingerprint density at radius 1 is 0.950 bits per heavy atom. The number of carboxylic acid groups (broad SMARTS) is 2. The highest BCUT2D eigenvalue weighted by molar-refractivity contribution is 5.47. The molecule has 0 aliphatic heterocycles. The zero-order valence-corrected chi connectivity index (χ0v) is 13.5. The van der Waals surface area contributed by atoms with Crippen LogP contribution in [0.3, 0.4) is 0 Å². The van der Waals surface area contributed by atoms with Crippen molar-refractivity contribution in [1.29, 1.82) is 0 Å². The molecule has 0 bridgehead atoms. The average molecular weight is 286 g/mol. The summed E-state index contributed by atoms with van der Waals surface area (Å²) in [5.74, 6) is 0. The van der Waals surface area contributed by atoms with Crippen molar-refractivity contribution in [2.45, 2.75) is 59.3 Å². The minimum absolute atomic E-state index is 1.17. The first-order chi connectivity index (χ1) is 9.47. The topological polar surface area (TPSA) is 63.2 Å². The molecule has 0 spiro atoms. The van der Waals surface area contributed by atoms with Crippen LogP contribution in [0.4, 0.5) is 4.79 Å². The maximum absolute atomic E-state index is 8.33. The van der Waals surface area contributed by atoms with E-state index < -0.39 is 6.16 Å². The third-order valence-corrected chi connectivity index (χ3v) is 3.47. The smallest absolute Gasteiger partial charge is 0.0971 e. The van der Waals surface area contributed by atoms with E-state index in [1.54, 1.807) is 0 Å². The Morgan fingerprint density at radius 3 is 1.45 bits per heavy atom. The summed E-state index contributed by atoms with van der Waals surface area (Å²) in [6, 6.07) is 0. The molecule has 20 heavy (non-hydrogen) atoms. The summed E-state index contributed by atoms with van der Waals surface area (Å²) in [7, 11) is 0. The van der Waals surface area contributed by atoms with Crippen LogP contribution in [0.15, 0.2) is 12.7 Å². The second-order valence-electron chi connectivity index (χ2n) is 5.29. The number of unbranched alkanes of at least 4 members (excludes halogenated alkanes) is 3. The van der Waals surface area contributed by atoms with Gasteiger partial charge >= 0.3 is 0 Å². The highest BCUT2D eigenvalue weighted by atomic mass is 16.6. The molecule has 0 aliphatic rings. The van der Waals surface area contributed by atoms with E-state index in [1.165, 1.54) is 69.2 Å². The molecule has 0 N–H and O–H groups in total. The van der Waals surface area contributed by atoms with Gasteiger partial charge in [-0.3, -0.25) is 0 Å². The molecule has 0 amide bonds. The summed E-state index contributed by atoms with van der Waals surface area (Å²) in [5.41, 5.74) is 0. The van der Waals surface area contributed by atoms with Crippen LogP contribution in [0.25, 0.3) is 0 Å². The summed E-state index contributed by atoms with van der Waals surface area (Å²) in [5, 5.41) is 16.7. The molecule has 4 heteroatoms. The van der Waals surface area contributed by atoms with Gasteiger partial charge in [-0.15, -0.1) is 0 Å². The minimum atomic E-state index is -2.33. The van der Waals surface area contributed by atoms with Crippen molar-refractivity contribution in [2.24, 2.45) is 0 Å². The molecule has 0 saturated carbocycles. The van der Waals surface area contributed by atoms with Gasteiger partial charge < -0.3 is 19.5 Å². The minimum Gasteiger partial charge on any atom is -0.652 e. The van der Waals surface area contributed by atoms with E-state index in [1.807, 2.05) is 0 Å². The van der Waals surface area contributed by atoms with Gasteiger partial charge in [0.2, 0.25) is 0 Å². The van der Waals surface area contributed by atoms with Crippen LogP contribution < -0.4 is 10.2 Å². The van der Waals surface area contributed by atoms with E-state index in [2.05, 4.69) is 33.4 Å². The SMILES string of the molecule is C=CC[N+](CCCC)(CCCC)CCCC.O=C([O-])[O-]. The molecule has 0 fully saturated rings. The molecule has 0 aromatic carbocycles. The quantitative estimate of drug-likeness (QED) is 0.431. The molecule has 0 atom stereocenters. The maximum atomic E-state index is 8.33. The lowest BCUT2D eigenvalue weighted by atomic mass is 10.1. The summed E-state index contributed by atoms with van der Waals surface area (Å²) in [6.07, 6.45) is 7.82. The van der Waals surface area contributed by atoms with Gasteiger partial charge in [0.15, 0.2) is 0 Å². The van der Waals surface area contributed by atoms with Crippen LogP contribution >= 0.6 is 0 Å². The van der Waals surface area contributed by atoms with E-state index in [4.69, 9.17) is 15.0 Å².